The van der Waals surface area contributed by atoms with Crippen LogP contribution in [0.15, 0.2) is 52.0 Å². The smallest absolute Gasteiger partial charge is 0.127 e. The van der Waals surface area contributed by atoms with Gasteiger partial charge in [0.05, 0.1) is 19.0 Å². The van der Waals surface area contributed by atoms with Crippen LogP contribution in [0.2, 0.25) is 0 Å². The lowest BCUT2D eigenvalue weighted by molar-refractivity contribution is 0.414. The van der Waals surface area contributed by atoms with Crippen LogP contribution < -0.4 is 10.2 Å². The van der Waals surface area contributed by atoms with E-state index in [-0.39, 0.29) is 5.82 Å². The summed E-state index contributed by atoms with van der Waals surface area (Å²) >= 11 is 3.39. The summed E-state index contributed by atoms with van der Waals surface area (Å²) in [5.41, 5.74) is 4.38. The van der Waals surface area contributed by atoms with Crippen LogP contribution in [0.5, 0.6) is 5.75 Å². The fourth-order valence-electron chi connectivity index (χ4n) is 1.51. The summed E-state index contributed by atoms with van der Waals surface area (Å²) in [4.78, 5) is 0. The maximum Gasteiger partial charge on any atom is 0.127 e. The molecule has 0 fully saturated rings. The van der Waals surface area contributed by atoms with Crippen molar-refractivity contribution < 1.29 is 9.13 Å². The predicted molar refractivity (Wildman–Crippen MR) is 78.3 cm³/mol. The van der Waals surface area contributed by atoms with Gasteiger partial charge in [-0.3, -0.25) is 5.43 Å². The molecule has 2 aromatic carbocycles. The van der Waals surface area contributed by atoms with Crippen molar-refractivity contribution in [3.63, 3.8) is 0 Å². The number of hydrogen-bond donors (Lipinski definition) is 1. The molecule has 98 valence electrons. The highest BCUT2D eigenvalue weighted by Crippen LogP contribution is 2.21. The second-order valence-corrected chi connectivity index (χ2v) is 4.68. The average Bonchev–Trinajstić information content (AvgIpc) is 2.41. The van der Waals surface area contributed by atoms with Crippen molar-refractivity contribution in [2.45, 2.75) is 0 Å². The summed E-state index contributed by atoms with van der Waals surface area (Å²) in [5.74, 6) is 0.455. The van der Waals surface area contributed by atoms with Gasteiger partial charge in [-0.1, -0.05) is 15.9 Å². The lowest BCUT2D eigenvalue weighted by Gasteiger charge is -2.05. The number of halogens is 2. The lowest BCUT2D eigenvalue weighted by atomic mass is 10.2. The zero-order valence-electron chi connectivity index (χ0n) is 10.2. The first kappa shape index (κ1) is 13.5. The van der Waals surface area contributed by atoms with Crippen molar-refractivity contribution in [2.24, 2.45) is 5.10 Å². The number of ether oxygens (including phenoxy) is 1. The molecule has 0 atom stereocenters. The first-order valence-corrected chi connectivity index (χ1v) is 6.36. The SMILES string of the molecule is COc1ccc(Br)cc1/C=N\Nc1ccc(F)cc1. The minimum Gasteiger partial charge on any atom is -0.496 e. The molecule has 0 bridgehead atoms. The normalized spacial score (nSPS) is 10.7. The van der Waals surface area contributed by atoms with E-state index in [4.69, 9.17) is 4.74 Å². The summed E-state index contributed by atoms with van der Waals surface area (Å²) in [5, 5.41) is 4.09. The van der Waals surface area contributed by atoms with Crippen molar-refractivity contribution in [1.82, 2.24) is 0 Å². The van der Waals surface area contributed by atoms with E-state index >= 15 is 0 Å². The Labute approximate surface area is 119 Å². The molecule has 0 heterocycles. The van der Waals surface area contributed by atoms with Crippen LogP contribution in [-0.2, 0) is 0 Å². The van der Waals surface area contributed by atoms with Gasteiger partial charge < -0.3 is 4.74 Å². The third kappa shape index (κ3) is 3.79. The highest BCUT2D eigenvalue weighted by molar-refractivity contribution is 9.10. The van der Waals surface area contributed by atoms with Gasteiger partial charge in [0.25, 0.3) is 0 Å². The third-order valence-electron chi connectivity index (χ3n) is 2.43. The number of anilines is 1. The van der Waals surface area contributed by atoms with Crippen molar-refractivity contribution in [3.8, 4) is 5.75 Å². The Morgan fingerprint density at radius 1 is 1.21 bits per heavy atom. The number of benzene rings is 2. The van der Waals surface area contributed by atoms with Gasteiger partial charge in [0.15, 0.2) is 0 Å². The zero-order chi connectivity index (χ0) is 13.7. The lowest BCUT2D eigenvalue weighted by Crippen LogP contribution is -1.94. The quantitative estimate of drug-likeness (QED) is 0.680. The Hall–Kier alpha value is -1.88. The molecule has 0 aromatic heterocycles. The molecule has 0 spiro atoms. The third-order valence-corrected chi connectivity index (χ3v) is 2.93. The van der Waals surface area contributed by atoms with Gasteiger partial charge in [0.1, 0.15) is 11.6 Å². The van der Waals surface area contributed by atoms with Crippen LogP contribution in [0, 0.1) is 5.82 Å². The molecular formula is C14H12BrFN2O. The Bertz CT molecular complexity index is 584. The molecule has 0 aliphatic rings. The Morgan fingerprint density at radius 3 is 2.63 bits per heavy atom. The largest absolute Gasteiger partial charge is 0.496 e. The monoisotopic (exact) mass is 322 g/mol. The van der Waals surface area contributed by atoms with E-state index in [1.165, 1.54) is 12.1 Å². The van der Waals surface area contributed by atoms with Gasteiger partial charge in [0.2, 0.25) is 0 Å². The number of nitrogens with zero attached hydrogens (tertiary/aromatic N) is 1. The van der Waals surface area contributed by atoms with Gasteiger partial charge >= 0.3 is 0 Å². The van der Waals surface area contributed by atoms with E-state index in [9.17, 15) is 4.39 Å². The summed E-state index contributed by atoms with van der Waals surface area (Å²) < 4.78 is 18.9. The van der Waals surface area contributed by atoms with Crippen molar-refractivity contribution in [2.75, 3.05) is 12.5 Å². The van der Waals surface area contributed by atoms with Crippen LogP contribution in [0.25, 0.3) is 0 Å². The molecular weight excluding hydrogens is 311 g/mol. The molecule has 19 heavy (non-hydrogen) atoms. The minimum atomic E-state index is -0.275. The summed E-state index contributed by atoms with van der Waals surface area (Å²) in [6.45, 7) is 0. The van der Waals surface area contributed by atoms with Gasteiger partial charge in [-0.25, -0.2) is 4.39 Å². The minimum absolute atomic E-state index is 0.275. The predicted octanol–water partition coefficient (Wildman–Crippen LogP) is 4.04. The number of hydrazone groups is 1. The molecule has 0 saturated carbocycles. The molecule has 0 amide bonds. The number of nitrogens with one attached hydrogen (secondary N) is 1. The van der Waals surface area contributed by atoms with E-state index in [1.54, 1.807) is 25.5 Å². The average molecular weight is 323 g/mol. The summed E-state index contributed by atoms with van der Waals surface area (Å²) in [7, 11) is 1.61. The van der Waals surface area contributed by atoms with Gasteiger partial charge in [-0.15, -0.1) is 0 Å². The molecule has 0 saturated heterocycles. The molecule has 0 unspecified atom stereocenters. The van der Waals surface area contributed by atoms with E-state index in [0.29, 0.717) is 5.69 Å². The molecule has 5 heteroatoms. The van der Waals surface area contributed by atoms with Crippen LogP contribution in [0.3, 0.4) is 0 Å². The first-order valence-electron chi connectivity index (χ1n) is 5.57. The summed E-state index contributed by atoms with van der Waals surface area (Å²) in [6, 6.07) is 11.6. The van der Waals surface area contributed by atoms with Crippen LogP contribution in [0.4, 0.5) is 10.1 Å². The van der Waals surface area contributed by atoms with Crippen molar-refractivity contribution in [3.05, 3.63) is 58.3 Å². The maximum absolute atomic E-state index is 12.7. The molecule has 0 radical (unpaired) electrons. The number of methoxy groups -OCH3 is 1. The second-order valence-electron chi connectivity index (χ2n) is 3.76. The number of rotatable bonds is 4. The highest BCUT2D eigenvalue weighted by atomic mass is 79.9. The van der Waals surface area contributed by atoms with Crippen LogP contribution >= 0.6 is 15.9 Å². The fourth-order valence-corrected chi connectivity index (χ4v) is 1.89. The topological polar surface area (TPSA) is 33.6 Å². The van der Waals surface area contributed by atoms with E-state index in [1.807, 2.05) is 18.2 Å². The molecule has 2 rings (SSSR count). The first-order chi connectivity index (χ1) is 9.19. The van der Waals surface area contributed by atoms with Crippen molar-refractivity contribution in [1.29, 1.82) is 0 Å². The molecule has 3 nitrogen and oxygen atoms in total. The van der Waals surface area contributed by atoms with E-state index < -0.39 is 0 Å². The van der Waals surface area contributed by atoms with E-state index in [0.717, 1.165) is 15.8 Å². The van der Waals surface area contributed by atoms with Gasteiger partial charge in [-0.05, 0) is 42.5 Å². The summed E-state index contributed by atoms with van der Waals surface area (Å²) in [6.07, 6.45) is 1.65. The Balaban J connectivity index is 2.10. The van der Waals surface area contributed by atoms with E-state index in [2.05, 4.69) is 26.5 Å². The van der Waals surface area contributed by atoms with Crippen LogP contribution in [-0.4, -0.2) is 13.3 Å². The molecule has 0 aliphatic heterocycles. The van der Waals surface area contributed by atoms with Crippen molar-refractivity contribution >= 4 is 27.8 Å². The molecule has 1 N–H and O–H groups in total. The number of hydrogen-bond acceptors (Lipinski definition) is 3. The maximum atomic E-state index is 12.7. The molecule has 0 aliphatic carbocycles. The van der Waals surface area contributed by atoms with Gasteiger partial charge in [0, 0.05) is 10.0 Å². The van der Waals surface area contributed by atoms with Gasteiger partial charge in [-0.2, -0.15) is 5.10 Å². The second kappa shape index (κ2) is 6.33. The highest BCUT2D eigenvalue weighted by Gasteiger charge is 2.00. The van der Waals surface area contributed by atoms with Crippen LogP contribution in [0.1, 0.15) is 5.56 Å². The fraction of sp³-hybridized carbons (Fsp3) is 0.0714. The zero-order valence-corrected chi connectivity index (χ0v) is 11.8. The standard InChI is InChI=1S/C14H12BrFN2O/c1-19-14-7-2-11(15)8-10(14)9-17-18-13-5-3-12(16)4-6-13/h2-9,18H,1H3/b17-9-. The molecule has 2 aromatic rings. The Kier molecular flexibility index (Phi) is 4.52. The Morgan fingerprint density at radius 2 is 1.95 bits per heavy atom.